The second-order valence-electron chi connectivity index (χ2n) is 5.99. The maximum Gasteiger partial charge on any atom is 0.258 e. The predicted octanol–water partition coefficient (Wildman–Crippen LogP) is 4.52. The molecule has 1 amide bonds. The van der Waals surface area contributed by atoms with Gasteiger partial charge in [0.1, 0.15) is 11.5 Å². The highest BCUT2D eigenvalue weighted by Gasteiger charge is 2.14. The van der Waals surface area contributed by atoms with Crippen molar-refractivity contribution in [3.05, 3.63) is 52.3 Å². The number of amides is 1. The SMILES string of the molecule is COc1ccccc1CNC(=O)COc1cc2sc(C)nc2c2sccc12. The quantitative estimate of drug-likeness (QED) is 0.519. The number of nitrogens with one attached hydrogen (secondary N) is 1. The van der Waals surface area contributed by atoms with E-state index in [0.29, 0.717) is 6.54 Å². The largest absolute Gasteiger partial charge is 0.496 e. The third-order valence-electron chi connectivity index (χ3n) is 4.20. The Morgan fingerprint density at radius 1 is 1.22 bits per heavy atom. The summed E-state index contributed by atoms with van der Waals surface area (Å²) < 4.78 is 13.3. The molecular weight excluding hydrogens is 380 g/mol. The maximum absolute atomic E-state index is 12.2. The standard InChI is InChI=1S/C20H18N2O3S2/c1-12-22-19-17(27-12)9-16(14-7-8-26-20(14)19)25-11-18(23)21-10-13-5-3-4-6-15(13)24-2/h3-9H,10-11H2,1-2H3,(H,21,23). The van der Waals surface area contributed by atoms with Crippen LogP contribution in [0.5, 0.6) is 11.5 Å². The molecule has 5 nitrogen and oxygen atoms in total. The van der Waals surface area contributed by atoms with Crippen molar-refractivity contribution in [1.82, 2.24) is 10.3 Å². The Hall–Kier alpha value is -2.64. The van der Waals surface area contributed by atoms with Crippen LogP contribution in [0.3, 0.4) is 0 Å². The minimum atomic E-state index is -0.176. The predicted molar refractivity (Wildman–Crippen MR) is 110 cm³/mol. The molecule has 0 saturated heterocycles. The molecule has 0 aliphatic heterocycles. The Labute approximate surface area is 164 Å². The number of thiophene rings is 1. The number of benzene rings is 2. The molecule has 2 aromatic carbocycles. The monoisotopic (exact) mass is 398 g/mol. The number of methoxy groups -OCH3 is 1. The fraction of sp³-hybridized carbons (Fsp3) is 0.200. The highest BCUT2D eigenvalue weighted by molar-refractivity contribution is 7.21. The molecule has 4 rings (SSSR count). The smallest absolute Gasteiger partial charge is 0.258 e. The van der Waals surface area contributed by atoms with Gasteiger partial charge in [0.2, 0.25) is 0 Å². The number of carbonyl (C=O) groups is 1. The Balaban J connectivity index is 1.46. The zero-order valence-electron chi connectivity index (χ0n) is 14.9. The van der Waals surface area contributed by atoms with E-state index in [-0.39, 0.29) is 12.5 Å². The van der Waals surface area contributed by atoms with Gasteiger partial charge in [0, 0.05) is 23.6 Å². The zero-order chi connectivity index (χ0) is 18.8. The fourth-order valence-electron chi connectivity index (χ4n) is 2.94. The van der Waals surface area contributed by atoms with Gasteiger partial charge in [-0.25, -0.2) is 4.98 Å². The number of aromatic nitrogens is 1. The van der Waals surface area contributed by atoms with Crippen molar-refractivity contribution >= 4 is 48.9 Å². The lowest BCUT2D eigenvalue weighted by Crippen LogP contribution is -2.28. The summed E-state index contributed by atoms with van der Waals surface area (Å²) in [5.41, 5.74) is 1.94. The van der Waals surface area contributed by atoms with Crippen molar-refractivity contribution in [3.63, 3.8) is 0 Å². The van der Waals surface area contributed by atoms with Gasteiger partial charge in [0.25, 0.3) is 5.91 Å². The van der Waals surface area contributed by atoms with E-state index in [2.05, 4.69) is 10.3 Å². The van der Waals surface area contributed by atoms with Gasteiger partial charge >= 0.3 is 0 Å². The van der Waals surface area contributed by atoms with Gasteiger partial charge < -0.3 is 14.8 Å². The summed E-state index contributed by atoms with van der Waals surface area (Å²) in [5.74, 6) is 1.30. The fourth-order valence-corrected chi connectivity index (χ4v) is 4.78. The maximum atomic E-state index is 12.2. The van der Waals surface area contributed by atoms with Crippen LogP contribution in [0.1, 0.15) is 10.6 Å². The number of ether oxygens (including phenoxy) is 2. The molecule has 2 heterocycles. The van der Waals surface area contributed by atoms with Crippen molar-refractivity contribution in [3.8, 4) is 11.5 Å². The number of carbonyl (C=O) groups excluding carboxylic acids is 1. The molecule has 0 saturated carbocycles. The number of fused-ring (bicyclic) bond motifs is 3. The van der Waals surface area contributed by atoms with Crippen molar-refractivity contribution in [2.24, 2.45) is 0 Å². The van der Waals surface area contributed by atoms with Gasteiger partial charge in [0.15, 0.2) is 6.61 Å². The zero-order valence-corrected chi connectivity index (χ0v) is 16.6. The molecule has 7 heteroatoms. The van der Waals surface area contributed by atoms with Gasteiger partial charge in [-0.3, -0.25) is 4.79 Å². The molecule has 1 N–H and O–H groups in total. The molecule has 138 valence electrons. The van der Waals surface area contributed by atoms with Crippen LogP contribution in [0.2, 0.25) is 0 Å². The van der Waals surface area contributed by atoms with Gasteiger partial charge in [-0.15, -0.1) is 22.7 Å². The molecular formula is C20H18N2O3S2. The lowest BCUT2D eigenvalue weighted by molar-refractivity contribution is -0.123. The van der Waals surface area contributed by atoms with Crippen LogP contribution in [0, 0.1) is 6.92 Å². The summed E-state index contributed by atoms with van der Waals surface area (Å²) in [5, 5.41) is 6.91. The second kappa shape index (κ2) is 7.54. The Morgan fingerprint density at radius 2 is 2.07 bits per heavy atom. The van der Waals surface area contributed by atoms with Gasteiger partial charge in [-0.2, -0.15) is 0 Å². The second-order valence-corrected chi connectivity index (χ2v) is 8.15. The van der Waals surface area contributed by atoms with Crippen LogP contribution in [-0.2, 0) is 11.3 Å². The summed E-state index contributed by atoms with van der Waals surface area (Å²) in [6, 6.07) is 11.6. The average molecular weight is 399 g/mol. The molecule has 0 bridgehead atoms. The van der Waals surface area contributed by atoms with Crippen LogP contribution in [0.15, 0.2) is 41.8 Å². The lowest BCUT2D eigenvalue weighted by Gasteiger charge is -2.11. The van der Waals surface area contributed by atoms with Gasteiger partial charge in [-0.05, 0) is 24.4 Å². The van der Waals surface area contributed by atoms with E-state index in [0.717, 1.165) is 42.4 Å². The molecule has 0 aliphatic carbocycles. The summed E-state index contributed by atoms with van der Waals surface area (Å²) in [6.45, 7) is 2.35. The average Bonchev–Trinajstić information content (AvgIpc) is 3.30. The highest BCUT2D eigenvalue weighted by atomic mass is 32.1. The Bertz CT molecular complexity index is 1120. The van der Waals surface area contributed by atoms with Gasteiger partial charge in [-0.1, -0.05) is 18.2 Å². The number of hydrogen-bond acceptors (Lipinski definition) is 6. The highest BCUT2D eigenvalue weighted by Crippen LogP contribution is 2.38. The van der Waals surface area contributed by atoms with Crippen molar-refractivity contribution < 1.29 is 14.3 Å². The topological polar surface area (TPSA) is 60.5 Å². The van der Waals surface area contributed by atoms with E-state index in [9.17, 15) is 4.79 Å². The third-order valence-corrected chi connectivity index (χ3v) is 6.03. The third kappa shape index (κ3) is 3.61. The first-order valence-electron chi connectivity index (χ1n) is 8.44. The molecule has 0 fully saturated rings. The van der Waals surface area contributed by atoms with Crippen LogP contribution in [0.4, 0.5) is 0 Å². The van der Waals surface area contributed by atoms with Crippen molar-refractivity contribution in [2.75, 3.05) is 13.7 Å². The molecule has 27 heavy (non-hydrogen) atoms. The summed E-state index contributed by atoms with van der Waals surface area (Å²) in [6.07, 6.45) is 0. The summed E-state index contributed by atoms with van der Waals surface area (Å²) in [4.78, 5) is 16.9. The van der Waals surface area contributed by atoms with E-state index in [1.807, 2.05) is 48.7 Å². The number of thiazole rings is 1. The molecule has 0 unspecified atom stereocenters. The van der Waals surface area contributed by atoms with E-state index >= 15 is 0 Å². The molecule has 0 spiro atoms. The van der Waals surface area contributed by atoms with Crippen LogP contribution in [0.25, 0.3) is 20.3 Å². The normalized spacial score (nSPS) is 11.0. The van der Waals surface area contributed by atoms with E-state index in [1.54, 1.807) is 29.8 Å². The minimum absolute atomic E-state index is 0.0383. The van der Waals surface area contributed by atoms with Crippen LogP contribution < -0.4 is 14.8 Å². The van der Waals surface area contributed by atoms with E-state index in [1.165, 1.54) is 0 Å². The van der Waals surface area contributed by atoms with Crippen LogP contribution >= 0.6 is 22.7 Å². The number of rotatable bonds is 6. The van der Waals surface area contributed by atoms with Crippen molar-refractivity contribution in [2.45, 2.75) is 13.5 Å². The molecule has 2 aromatic heterocycles. The first kappa shape index (κ1) is 17.8. The van der Waals surface area contributed by atoms with E-state index < -0.39 is 0 Å². The number of para-hydroxylation sites is 1. The molecule has 0 aliphatic rings. The summed E-state index contributed by atoms with van der Waals surface area (Å²) >= 11 is 3.27. The molecule has 4 aromatic rings. The summed E-state index contributed by atoms with van der Waals surface area (Å²) in [7, 11) is 1.62. The minimum Gasteiger partial charge on any atom is -0.496 e. The molecule has 0 atom stereocenters. The number of aryl methyl sites for hydroxylation is 1. The van der Waals surface area contributed by atoms with Crippen LogP contribution in [-0.4, -0.2) is 24.6 Å². The first-order valence-corrected chi connectivity index (χ1v) is 10.1. The Kier molecular flexibility index (Phi) is 4.96. The molecule has 0 radical (unpaired) electrons. The lowest BCUT2D eigenvalue weighted by atomic mass is 10.2. The number of nitrogens with zero attached hydrogens (tertiary/aromatic N) is 1. The number of hydrogen-bond donors (Lipinski definition) is 1. The van der Waals surface area contributed by atoms with Gasteiger partial charge in [0.05, 0.1) is 27.0 Å². The van der Waals surface area contributed by atoms with Crippen molar-refractivity contribution in [1.29, 1.82) is 0 Å². The first-order chi connectivity index (χ1) is 13.2. The van der Waals surface area contributed by atoms with E-state index in [4.69, 9.17) is 9.47 Å². The Morgan fingerprint density at radius 3 is 2.93 bits per heavy atom.